The van der Waals surface area contributed by atoms with Gasteiger partial charge in [0.1, 0.15) is 17.1 Å². The summed E-state index contributed by atoms with van der Waals surface area (Å²) in [6.45, 7) is 6.58. The van der Waals surface area contributed by atoms with E-state index in [9.17, 15) is 5.11 Å². The number of benzene rings is 1. The average molecular weight is 278 g/mol. The summed E-state index contributed by atoms with van der Waals surface area (Å²) in [5, 5.41) is 10.5. The van der Waals surface area contributed by atoms with E-state index >= 15 is 0 Å². The third kappa shape index (κ3) is 2.93. The largest absolute Gasteiger partial charge is 0.497 e. The monoisotopic (exact) mass is 278 g/mol. The van der Waals surface area contributed by atoms with E-state index < -0.39 is 6.10 Å². The summed E-state index contributed by atoms with van der Waals surface area (Å²) < 4.78 is 11.6. The van der Waals surface area contributed by atoms with Gasteiger partial charge in [0.05, 0.1) is 13.2 Å². The fourth-order valence-electron chi connectivity index (χ4n) is 3.01. The molecule has 0 spiro atoms. The molecule has 3 heteroatoms. The molecule has 112 valence electrons. The Kier molecular flexibility index (Phi) is 4.59. The van der Waals surface area contributed by atoms with Gasteiger partial charge in [-0.1, -0.05) is 27.2 Å². The number of hydrogen-bond acceptors (Lipinski definition) is 3. The van der Waals surface area contributed by atoms with Gasteiger partial charge in [0.2, 0.25) is 0 Å². The maximum atomic E-state index is 10.5. The molecule has 0 fully saturated rings. The smallest absolute Gasteiger partial charge is 0.129 e. The van der Waals surface area contributed by atoms with Crippen molar-refractivity contribution in [1.29, 1.82) is 0 Å². The minimum atomic E-state index is -0.450. The summed E-state index contributed by atoms with van der Waals surface area (Å²) in [7, 11) is 1.65. The average Bonchev–Trinajstić information content (AvgIpc) is 2.46. The van der Waals surface area contributed by atoms with Gasteiger partial charge in [0.25, 0.3) is 0 Å². The van der Waals surface area contributed by atoms with Gasteiger partial charge in [-0.15, -0.1) is 0 Å². The molecule has 20 heavy (non-hydrogen) atoms. The van der Waals surface area contributed by atoms with Gasteiger partial charge >= 0.3 is 0 Å². The van der Waals surface area contributed by atoms with Crippen LogP contribution in [0.4, 0.5) is 0 Å². The van der Waals surface area contributed by atoms with Crippen molar-refractivity contribution in [3.63, 3.8) is 0 Å². The Bertz CT molecular complexity index is 458. The molecule has 1 aromatic carbocycles. The van der Waals surface area contributed by atoms with Crippen LogP contribution in [0.15, 0.2) is 18.2 Å². The van der Waals surface area contributed by atoms with Gasteiger partial charge in [-0.3, -0.25) is 0 Å². The molecule has 2 rings (SSSR count). The molecule has 0 radical (unpaired) electrons. The Morgan fingerprint density at radius 3 is 2.80 bits per heavy atom. The van der Waals surface area contributed by atoms with Gasteiger partial charge in [0.15, 0.2) is 0 Å². The minimum absolute atomic E-state index is 0.256. The summed E-state index contributed by atoms with van der Waals surface area (Å²) in [6, 6.07) is 5.67. The first-order valence-corrected chi connectivity index (χ1v) is 7.58. The molecular formula is C17H26O3. The van der Waals surface area contributed by atoms with E-state index in [1.165, 1.54) is 0 Å². The molecular weight excluding hydrogens is 252 g/mol. The minimum Gasteiger partial charge on any atom is -0.497 e. The molecule has 1 heterocycles. The lowest BCUT2D eigenvalue weighted by Crippen LogP contribution is -2.42. The molecule has 0 amide bonds. The SMILES string of the molecule is CCC(C)CC1(CC)C[C@H](O)c2ccc(OC)cc2O1. The normalized spacial score (nSPS) is 26.6. The summed E-state index contributed by atoms with van der Waals surface area (Å²) in [4.78, 5) is 0. The predicted octanol–water partition coefficient (Wildman–Crippen LogP) is 4.10. The van der Waals surface area contributed by atoms with E-state index in [4.69, 9.17) is 9.47 Å². The van der Waals surface area contributed by atoms with Crippen LogP contribution in [0.3, 0.4) is 0 Å². The Hall–Kier alpha value is -1.22. The quantitative estimate of drug-likeness (QED) is 0.881. The Morgan fingerprint density at radius 2 is 2.20 bits per heavy atom. The van der Waals surface area contributed by atoms with Crippen LogP contribution in [0.2, 0.25) is 0 Å². The number of ether oxygens (including phenoxy) is 2. The van der Waals surface area contributed by atoms with Gasteiger partial charge in [0, 0.05) is 18.1 Å². The van der Waals surface area contributed by atoms with Crippen LogP contribution >= 0.6 is 0 Å². The zero-order valence-electron chi connectivity index (χ0n) is 13.0. The number of methoxy groups -OCH3 is 1. The Morgan fingerprint density at radius 1 is 1.45 bits per heavy atom. The van der Waals surface area contributed by atoms with E-state index in [-0.39, 0.29) is 5.60 Å². The second-order valence-electron chi connectivity index (χ2n) is 5.98. The lowest BCUT2D eigenvalue weighted by Gasteiger charge is -2.42. The van der Waals surface area contributed by atoms with E-state index in [1.807, 2.05) is 18.2 Å². The maximum Gasteiger partial charge on any atom is 0.129 e. The fourth-order valence-corrected chi connectivity index (χ4v) is 3.01. The molecule has 0 aromatic heterocycles. The highest BCUT2D eigenvalue weighted by molar-refractivity contribution is 5.44. The van der Waals surface area contributed by atoms with Crippen molar-refractivity contribution in [2.24, 2.45) is 5.92 Å². The summed E-state index contributed by atoms with van der Waals surface area (Å²) >= 11 is 0. The maximum absolute atomic E-state index is 10.5. The molecule has 1 N–H and O–H groups in total. The van der Waals surface area contributed by atoms with Gasteiger partial charge in [-0.25, -0.2) is 0 Å². The number of aliphatic hydroxyl groups is 1. The summed E-state index contributed by atoms with van der Waals surface area (Å²) in [5.74, 6) is 2.13. The highest BCUT2D eigenvalue weighted by Crippen LogP contribution is 2.45. The van der Waals surface area contributed by atoms with Crippen LogP contribution in [0.25, 0.3) is 0 Å². The molecule has 3 atom stereocenters. The molecule has 0 aliphatic carbocycles. The van der Waals surface area contributed by atoms with Crippen molar-refractivity contribution < 1.29 is 14.6 Å². The first kappa shape index (κ1) is 15.2. The van der Waals surface area contributed by atoms with E-state index in [1.54, 1.807) is 7.11 Å². The van der Waals surface area contributed by atoms with Crippen molar-refractivity contribution >= 4 is 0 Å². The van der Waals surface area contributed by atoms with E-state index in [0.717, 1.165) is 36.3 Å². The van der Waals surface area contributed by atoms with Crippen LogP contribution in [-0.4, -0.2) is 17.8 Å². The van der Waals surface area contributed by atoms with Crippen LogP contribution in [0.5, 0.6) is 11.5 Å². The van der Waals surface area contributed by atoms with Crippen molar-refractivity contribution in [1.82, 2.24) is 0 Å². The van der Waals surface area contributed by atoms with Gasteiger partial charge in [-0.05, 0) is 30.9 Å². The van der Waals surface area contributed by atoms with Crippen LogP contribution in [0, 0.1) is 5.92 Å². The zero-order valence-corrected chi connectivity index (χ0v) is 13.0. The van der Waals surface area contributed by atoms with Crippen molar-refractivity contribution in [2.75, 3.05) is 7.11 Å². The first-order valence-electron chi connectivity index (χ1n) is 7.58. The lowest BCUT2D eigenvalue weighted by molar-refractivity contribution is -0.0320. The second-order valence-corrected chi connectivity index (χ2v) is 5.98. The molecule has 0 saturated heterocycles. The van der Waals surface area contributed by atoms with Crippen molar-refractivity contribution in [2.45, 2.75) is 58.2 Å². The number of aliphatic hydroxyl groups excluding tert-OH is 1. The third-order valence-corrected chi connectivity index (χ3v) is 4.53. The molecule has 1 aromatic rings. The van der Waals surface area contributed by atoms with Gasteiger partial charge < -0.3 is 14.6 Å². The highest BCUT2D eigenvalue weighted by atomic mass is 16.5. The lowest BCUT2D eigenvalue weighted by atomic mass is 9.80. The molecule has 1 aliphatic rings. The molecule has 1 aliphatic heterocycles. The van der Waals surface area contributed by atoms with Crippen molar-refractivity contribution in [3.05, 3.63) is 23.8 Å². The number of fused-ring (bicyclic) bond motifs is 1. The standard InChI is InChI=1S/C17H26O3/c1-5-12(3)10-17(6-2)11-15(18)14-8-7-13(19-4)9-16(14)20-17/h7-9,12,15,18H,5-6,10-11H2,1-4H3/t12?,15-,17?/m0/s1. The van der Waals surface area contributed by atoms with Gasteiger partial charge in [-0.2, -0.15) is 0 Å². The van der Waals surface area contributed by atoms with E-state index in [0.29, 0.717) is 12.3 Å². The number of hydrogen-bond donors (Lipinski definition) is 1. The van der Waals surface area contributed by atoms with Crippen LogP contribution in [0.1, 0.15) is 58.1 Å². The van der Waals surface area contributed by atoms with Crippen LogP contribution < -0.4 is 9.47 Å². The fraction of sp³-hybridized carbons (Fsp3) is 0.647. The molecule has 0 saturated carbocycles. The molecule has 3 nitrogen and oxygen atoms in total. The first-order chi connectivity index (χ1) is 9.53. The third-order valence-electron chi connectivity index (χ3n) is 4.53. The predicted molar refractivity (Wildman–Crippen MR) is 80.3 cm³/mol. The number of rotatable bonds is 5. The highest BCUT2D eigenvalue weighted by Gasteiger charge is 2.40. The Balaban J connectivity index is 2.31. The molecule has 0 bridgehead atoms. The van der Waals surface area contributed by atoms with E-state index in [2.05, 4.69) is 20.8 Å². The summed E-state index contributed by atoms with van der Waals surface area (Å²) in [5.41, 5.74) is 0.618. The Labute approximate surface area is 121 Å². The van der Waals surface area contributed by atoms with Crippen molar-refractivity contribution in [3.8, 4) is 11.5 Å². The zero-order chi connectivity index (χ0) is 14.8. The summed E-state index contributed by atoms with van der Waals surface area (Å²) in [6.07, 6.45) is 3.24. The molecule has 2 unspecified atom stereocenters. The van der Waals surface area contributed by atoms with Crippen LogP contribution in [-0.2, 0) is 0 Å². The second kappa shape index (κ2) is 6.04. The topological polar surface area (TPSA) is 38.7 Å².